The van der Waals surface area contributed by atoms with E-state index >= 15 is 0 Å². The molecule has 0 amide bonds. The van der Waals surface area contributed by atoms with Gasteiger partial charge in [-0.1, -0.05) is 27.9 Å². The van der Waals surface area contributed by atoms with Crippen molar-refractivity contribution in [3.63, 3.8) is 0 Å². The second-order valence-corrected chi connectivity index (χ2v) is 4.18. The average molecular weight is 203 g/mol. The molecule has 0 heterocycles. The first-order chi connectivity index (χ1) is 4.68. The van der Waals surface area contributed by atoms with Crippen LogP contribution in [0.25, 0.3) is 0 Å². The first-order valence-electron chi connectivity index (χ1n) is 3.89. The first-order valence-corrected chi connectivity index (χ1v) is 5.01. The number of halogens is 1. The summed E-state index contributed by atoms with van der Waals surface area (Å²) >= 11 is 3.57. The summed E-state index contributed by atoms with van der Waals surface area (Å²) in [6.07, 6.45) is 5.42. The quantitative estimate of drug-likeness (QED) is 0.486. The number of allylic oxidation sites excluding steroid dienone is 1. The lowest BCUT2D eigenvalue weighted by Crippen LogP contribution is -2.31. The van der Waals surface area contributed by atoms with Gasteiger partial charge in [-0.2, -0.15) is 0 Å². The molecule has 58 valence electrons. The van der Waals surface area contributed by atoms with Crippen molar-refractivity contribution in [3.8, 4) is 0 Å². The van der Waals surface area contributed by atoms with Crippen molar-refractivity contribution in [2.75, 3.05) is 5.33 Å². The monoisotopic (exact) mass is 202 g/mol. The van der Waals surface area contributed by atoms with E-state index in [4.69, 9.17) is 0 Å². The molecule has 1 aliphatic carbocycles. The van der Waals surface area contributed by atoms with Crippen LogP contribution in [-0.2, 0) is 0 Å². The van der Waals surface area contributed by atoms with Crippen LogP contribution < -0.4 is 0 Å². The molecular formula is C9H15Br. The van der Waals surface area contributed by atoms with Crippen LogP contribution in [0.5, 0.6) is 0 Å². The highest BCUT2D eigenvalue weighted by molar-refractivity contribution is 9.09. The highest BCUT2D eigenvalue weighted by atomic mass is 79.9. The largest absolute Gasteiger partial charge is 0.100 e. The van der Waals surface area contributed by atoms with Gasteiger partial charge >= 0.3 is 0 Å². The molecular weight excluding hydrogens is 188 g/mol. The van der Waals surface area contributed by atoms with Crippen LogP contribution in [0.4, 0.5) is 0 Å². The third-order valence-electron chi connectivity index (χ3n) is 2.37. The van der Waals surface area contributed by atoms with Crippen LogP contribution in [0.2, 0.25) is 0 Å². The molecule has 1 saturated carbocycles. The Morgan fingerprint density at radius 1 is 1.60 bits per heavy atom. The smallest absolute Gasteiger partial charge is 0.00910 e. The fourth-order valence-electron chi connectivity index (χ4n) is 1.67. The number of alkyl halides is 1. The van der Waals surface area contributed by atoms with Crippen molar-refractivity contribution in [2.24, 2.45) is 5.41 Å². The van der Waals surface area contributed by atoms with Crippen LogP contribution >= 0.6 is 15.9 Å². The van der Waals surface area contributed by atoms with E-state index in [1.807, 2.05) is 0 Å². The number of rotatable bonds is 3. The second kappa shape index (κ2) is 3.08. The van der Waals surface area contributed by atoms with E-state index < -0.39 is 0 Å². The molecule has 0 nitrogen and oxygen atoms in total. The van der Waals surface area contributed by atoms with Crippen LogP contribution in [-0.4, -0.2) is 5.33 Å². The summed E-state index contributed by atoms with van der Waals surface area (Å²) in [5.74, 6) is 0. The molecule has 0 unspecified atom stereocenters. The van der Waals surface area contributed by atoms with Gasteiger partial charge in [0.1, 0.15) is 0 Å². The minimum absolute atomic E-state index is 0.603. The summed E-state index contributed by atoms with van der Waals surface area (Å²) in [5, 5.41) is 1.16. The molecule has 10 heavy (non-hydrogen) atoms. The zero-order chi connectivity index (χ0) is 7.61. The topological polar surface area (TPSA) is 0 Å². The average Bonchev–Trinajstić information content (AvgIpc) is 1.78. The highest BCUT2D eigenvalue weighted by Gasteiger charge is 2.35. The van der Waals surface area contributed by atoms with E-state index in [1.54, 1.807) is 0 Å². The van der Waals surface area contributed by atoms with Crippen LogP contribution in [0.1, 0.15) is 32.6 Å². The van der Waals surface area contributed by atoms with Gasteiger partial charge in [0.15, 0.2) is 0 Å². The van der Waals surface area contributed by atoms with Gasteiger partial charge in [-0.3, -0.25) is 0 Å². The maximum atomic E-state index is 3.95. The Labute approximate surface area is 71.8 Å². The predicted octanol–water partition coefficient (Wildman–Crippen LogP) is 3.52. The van der Waals surface area contributed by atoms with Gasteiger partial charge in [0.2, 0.25) is 0 Å². The normalized spacial score (nSPS) is 21.8. The maximum absolute atomic E-state index is 3.95. The molecule has 1 fully saturated rings. The fraction of sp³-hybridized carbons (Fsp3) is 0.778. The summed E-state index contributed by atoms with van der Waals surface area (Å²) in [7, 11) is 0. The molecule has 0 aliphatic heterocycles. The Hall–Kier alpha value is 0.220. The molecule has 0 aromatic carbocycles. The standard InChI is InChI=1S/C9H15Br/c1-8(2)6-9(7-10)4-3-5-9/h1,3-7H2,2H3. The van der Waals surface area contributed by atoms with Crippen molar-refractivity contribution >= 4 is 15.9 Å². The summed E-state index contributed by atoms with van der Waals surface area (Å²) in [6, 6.07) is 0. The van der Waals surface area contributed by atoms with Gasteiger partial charge in [0, 0.05) is 5.33 Å². The summed E-state index contributed by atoms with van der Waals surface area (Å²) in [6.45, 7) is 6.08. The fourth-order valence-corrected chi connectivity index (χ4v) is 2.43. The third-order valence-corrected chi connectivity index (χ3v) is 3.56. The zero-order valence-corrected chi connectivity index (χ0v) is 8.21. The Balaban J connectivity index is 2.40. The van der Waals surface area contributed by atoms with Gasteiger partial charge in [-0.05, 0) is 31.6 Å². The van der Waals surface area contributed by atoms with Crippen molar-refractivity contribution < 1.29 is 0 Å². The maximum Gasteiger partial charge on any atom is 0.00910 e. The van der Waals surface area contributed by atoms with E-state index in [0.29, 0.717) is 5.41 Å². The Bertz CT molecular complexity index is 128. The first kappa shape index (κ1) is 8.32. The minimum atomic E-state index is 0.603. The van der Waals surface area contributed by atoms with Crippen molar-refractivity contribution in [1.82, 2.24) is 0 Å². The molecule has 0 aromatic rings. The molecule has 0 radical (unpaired) electrons. The summed E-state index contributed by atoms with van der Waals surface area (Å²) in [5.41, 5.74) is 1.94. The van der Waals surface area contributed by atoms with Gasteiger partial charge in [-0.15, -0.1) is 6.58 Å². The highest BCUT2D eigenvalue weighted by Crippen LogP contribution is 2.46. The molecule has 0 saturated heterocycles. The van der Waals surface area contributed by atoms with E-state index in [2.05, 4.69) is 29.4 Å². The Morgan fingerprint density at radius 3 is 2.30 bits per heavy atom. The Morgan fingerprint density at radius 2 is 2.20 bits per heavy atom. The van der Waals surface area contributed by atoms with Crippen LogP contribution in [0.3, 0.4) is 0 Å². The van der Waals surface area contributed by atoms with Gasteiger partial charge in [0.25, 0.3) is 0 Å². The van der Waals surface area contributed by atoms with Crippen LogP contribution in [0, 0.1) is 5.41 Å². The molecule has 0 atom stereocenters. The van der Waals surface area contributed by atoms with Crippen molar-refractivity contribution in [3.05, 3.63) is 12.2 Å². The lowest BCUT2D eigenvalue weighted by Gasteiger charge is -2.40. The molecule has 1 aliphatic rings. The lowest BCUT2D eigenvalue weighted by molar-refractivity contribution is 0.170. The number of hydrogen-bond donors (Lipinski definition) is 0. The van der Waals surface area contributed by atoms with Crippen molar-refractivity contribution in [2.45, 2.75) is 32.6 Å². The molecule has 1 rings (SSSR count). The van der Waals surface area contributed by atoms with E-state index in [1.165, 1.54) is 31.3 Å². The molecule has 0 N–H and O–H groups in total. The van der Waals surface area contributed by atoms with Gasteiger partial charge in [0.05, 0.1) is 0 Å². The van der Waals surface area contributed by atoms with E-state index in [9.17, 15) is 0 Å². The zero-order valence-electron chi connectivity index (χ0n) is 6.62. The Kier molecular flexibility index (Phi) is 2.56. The minimum Gasteiger partial charge on any atom is -0.100 e. The molecule has 0 bridgehead atoms. The third kappa shape index (κ3) is 1.63. The predicted molar refractivity (Wildman–Crippen MR) is 49.5 cm³/mol. The molecule has 0 spiro atoms. The molecule has 1 heteroatoms. The number of hydrogen-bond acceptors (Lipinski definition) is 0. The SMILES string of the molecule is C=C(C)CC1(CBr)CCC1. The van der Waals surface area contributed by atoms with Crippen molar-refractivity contribution in [1.29, 1.82) is 0 Å². The lowest BCUT2D eigenvalue weighted by atomic mass is 9.67. The van der Waals surface area contributed by atoms with Crippen LogP contribution in [0.15, 0.2) is 12.2 Å². The molecule has 0 aromatic heterocycles. The summed E-state index contributed by atoms with van der Waals surface area (Å²) < 4.78 is 0. The second-order valence-electron chi connectivity index (χ2n) is 3.62. The van der Waals surface area contributed by atoms with E-state index in [-0.39, 0.29) is 0 Å². The van der Waals surface area contributed by atoms with E-state index in [0.717, 1.165) is 5.33 Å². The van der Waals surface area contributed by atoms with Gasteiger partial charge < -0.3 is 0 Å². The summed E-state index contributed by atoms with van der Waals surface area (Å²) in [4.78, 5) is 0. The van der Waals surface area contributed by atoms with Gasteiger partial charge in [-0.25, -0.2) is 0 Å².